The SMILES string of the molecule is C=CCN(CC=C)S(=O)(=O)c1ccc(C(=O)N=c2sc3cccc(F)c3n2CC(=O)OC)cc1. The number of methoxy groups -OCH3 is 1. The molecule has 3 aromatic rings. The van der Waals surface area contributed by atoms with Crippen LogP contribution >= 0.6 is 11.3 Å². The highest BCUT2D eigenvalue weighted by Crippen LogP contribution is 2.21. The number of hydrogen-bond acceptors (Lipinski definition) is 6. The second-order valence-corrected chi connectivity index (χ2v) is 9.92. The van der Waals surface area contributed by atoms with Gasteiger partial charge in [-0.3, -0.25) is 9.59 Å². The van der Waals surface area contributed by atoms with Crippen molar-refractivity contribution in [2.24, 2.45) is 4.99 Å². The molecule has 34 heavy (non-hydrogen) atoms. The zero-order valence-electron chi connectivity index (χ0n) is 18.3. The number of carbonyl (C=O) groups is 2. The van der Waals surface area contributed by atoms with Crippen molar-refractivity contribution in [1.82, 2.24) is 8.87 Å². The van der Waals surface area contributed by atoms with Crippen LogP contribution in [0.1, 0.15) is 10.4 Å². The molecule has 178 valence electrons. The van der Waals surface area contributed by atoms with Crippen molar-refractivity contribution in [3.63, 3.8) is 0 Å². The fraction of sp³-hybridized carbons (Fsp3) is 0.174. The summed E-state index contributed by atoms with van der Waals surface area (Å²) in [6, 6.07) is 9.72. The van der Waals surface area contributed by atoms with Crippen molar-refractivity contribution in [2.75, 3.05) is 20.2 Å². The van der Waals surface area contributed by atoms with Gasteiger partial charge >= 0.3 is 5.97 Å². The predicted molar refractivity (Wildman–Crippen MR) is 127 cm³/mol. The van der Waals surface area contributed by atoms with Crippen molar-refractivity contribution >= 4 is 43.5 Å². The zero-order chi connectivity index (χ0) is 24.9. The summed E-state index contributed by atoms with van der Waals surface area (Å²) < 4.78 is 47.8. The summed E-state index contributed by atoms with van der Waals surface area (Å²) in [6.07, 6.45) is 2.93. The number of fused-ring (bicyclic) bond motifs is 1. The van der Waals surface area contributed by atoms with E-state index in [1.807, 2.05) is 0 Å². The van der Waals surface area contributed by atoms with E-state index in [9.17, 15) is 22.4 Å². The largest absolute Gasteiger partial charge is 0.468 e. The number of aromatic nitrogens is 1. The lowest BCUT2D eigenvalue weighted by molar-refractivity contribution is -0.141. The number of ether oxygens (including phenoxy) is 1. The smallest absolute Gasteiger partial charge is 0.325 e. The Morgan fingerprint density at radius 2 is 1.79 bits per heavy atom. The average Bonchev–Trinajstić information content (AvgIpc) is 3.16. The molecular weight excluding hydrogens is 481 g/mol. The summed E-state index contributed by atoms with van der Waals surface area (Å²) >= 11 is 1.04. The zero-order valence-corrected chi connectivity index (χ0v) is 19.9. The maximum atomic E-state index is 14.4. The molecular formula is C23H22FN3O5S2. The first-order chi connectivity index (χ1) is 16.2. The van der Waals surface area contributed by atoms with Gasteiger partial charge in [-0.15, -0.1) is 13.2 Å². The summed E-state index contributed by atoms with van der Waals surface area (Å²) in [7, 11) is -2.61. The monoisotopic (exact) mass is 503 g/mol. The third-order valence-electron chi connectivity index (χ3n) is 4.77. The molecule has 0 spiro atoms. The molecule has 1 heterocycles. The Morgan fingerprint density at radius 1 is 1.15 bits per heavy atom. The van der Waals surface area contributed by atoms with Crippen molar-refractivity contribution in [3.8, 4) is 0 Å². The molecule has 1 aromatic heterocycles. The van der Waals surface area contributed by atoms with Gasteiger partial charge in [0, 0.05) is 18.7 Å². The second-order valence-electron chi connectivity index (χ2n) is 6.97. The van der Waals surface area contributed by atoms with E-state index in [4.69, 9.17) is 0 Å². The summed E-state index contributed by atoms with van der Waals surface area (Å²) in [5, 5.41) is 0. The first-order valence-corrected chi connectivity index (χ1v) is 12.2. The molecule has 0 fully saturated rings. The van der Waals surface area contributed by atoms with Gasteiger partial charge in [-0.1, -0.05) is 29.6 Å². The minimum absolute atomic E-state index is 0.00237. The van der Waals surface area contributed by atoms with Crippen molar-refractivity contribution < 1.29 is 27.1 Å². The van der Waals surface area contributed by atoms with Crippen LogP contribution in [0, 0.1) is 5.82 Å². The van der Waals surface area contributed by atoms with E-state index in [2.05, 4.69) is 22.9 Å². The van der Waals surface area contributed by atoms with Crippen LogP contribution < -0.4 is 4.80 Å². The number of amides is 1. The van der Waals surface area contributed by atoms with Gasteiger partial charge in [0.1, 0.15) is 12.4 Å². The maximum absolute atomic E-state index is 14.4. The number of benzene rings is 2. The fourth-order valence-corrected chi connectivity index (χ4v) is 5.56. The fourth-order valence-electron chi connectivity index (χ4n) is 3.14. The topological polar surface area (TPSA) is 98.0 Å². The Kier molecular flexibility index (Phi) is 7.92. The molecule has 0 N–H and O–H groups in total. The van der Waals surface area contributed by atoms with Crippen molar-refractivity contribution in [2.45, 2.75) is 11.4 Å². The molecule has 11 heteroatoms. The van der Waals surface area contributed by atoms with Crippen LogP contribution in [0.25, 0.3) is 10.2 Å². The van der Waals surface area contributed by atoms with Gasteiger partial charge in [0.25, 0.3) is 5.91 Å². The molecule has 0 aliphatic rings. The van der Waals surface area contributed by atoms with Gasteiger partial charge in [-0.25, -0.2) is 12.8 Å². The van der Waals surface area contributed by atoms with Crippen LogP contribution in [0.3, 0.4) is 0 Å². The highest BCUT2D eigenvalue weighted by atomic mass is 32.2. The van der Waals surface area contributed by atoms with Crippen LogP contribution in [0.5, 0.6) is 0 Å². The Hall–Kier alpha value is -3.41. The predicted octanol–water partition coefficient (Wildman–Crippen LogP) is 3.12. The first-order valence-electron chi connectivity index (χ1n) is 9.98. The van der Waals surface area contributed by atoms with E-state index in [0.717, 1.165) is 11.3 Å². The highest BCUT2D eigenvalue weighted by Gasteiger charge is 2.23. The van der Waals surface area contributed by atoms with Gasteiger partial charge in [0.05, 0.1) is 22.2 Å². The number of esters is 1. The standard InChI is InChI=1S/C23H22FN3O5S2/c1-4-13-26(14-5-2)34(30,31)17-11-9-16(10-12-17)22(29)25-23-27(15-20(28)32-3)21-18(24)7-6-8-19(21)33-23/h4-12H,1-2,13-15H2,3H3. The minimum Gasteiger partial charge on any atom is -0.468 e. The van der Waals surface area contributed by atoms with Gasteiger partial charge in [-0.05, 0) is 36.4 Å². The Morgan fingerprint density at radius 3 is 2.38 bits per heavy atom. The van der Waals surface area contributed by atoms with Gasteiger partial charge < -0.3 is 9.30 Å². The number of thiazole rings is 1. The Labute approximate surface area is 200 Å². The molecule has 0 aliphatic carbocycles. The third-order valence-corrected chi connectivity index (χ3v) is 7.66. The van der Waals surface area contributed by atoms with E-state index in [1.54, 1.807) is 6.07 Å². The van der Waals surface area contributed by atoms with Gasteiger partial charge in [0.15, 0.2) is 4.80 Å². The molecule has 1 amide bonds. The third kappa shape index (κ3) is 5.22. The van der Waals surface area contributed by atoms with Gasteiger partial charge in [0.2, 0.25) is 10.0 Å². The lowest BCUT2D eigenvalue weighted by atomic mass is 10.2. The van der Waals surface area contributed by atoms with Crippen LogP contribution in [0.2, 0.25) is 0 Å². The number of carbonyl (C=O) groups excluding carboxylic acids is 2. The summed E-state index contributed by atoms with van der Waals surface area (Å²) in [6.45, 7) is 7.01. The van der Waals surface area contributed by atoms with E-state index in [0.29, 0.717) is 4.70 Å². The molecule has 3 rings (SSSR count). The molecule has 0 aliphatic heterocycles. The molecule has 2 aromatic carbocycles. The molecule has 0 saturated heterocycles. The highest BCUT2D eigenvalue weighted by molar-refractivity contribution is 7.89. The van der Waals surface area contributed by atoms with Crippen molar-refractivity contribution in [3.05, 3.63) is 84.0 Å². The number of hydrogen-bond donors (Lipinski definition) is 0. The van der Waals surface area contributed by atoms with E-state index < -0.39 is 27.7 Å². The van der Waals surface area contributed by atoms with Crippen LogP contribution in [-0.2, 0) is 26.1 Å². The van der Waals surface area contributed by atoms with E-state index in [-0.39, 0.29) is 40.4 Å². The molecule has 0 bridgehead atoms. The Balaban J connectivity index is 2.00. The van der Waals surface area contributed by atoms with E-state index >= 15 is 0 Å². The second kappa shape index (κ2) is 10.7. The lowest BCUT2D eigenvalue weighted by Crippen LogP contribution is -2.31. The minimum atomic E-state index is -3.82. The van der Waals surface area contributed by atoms with E-state index in [1.165, 1.54) is 64.5 Å². The summed E-state index contributed by atoms with van der Waals surface area (Å²) in [5.74, 6) is -1.87. The molecule has 0 saturated carbocycles. The van der Waals surface area contributed by atoms with Crippen LogP contribution in [0.4, 0.5) is 4.39 Å². The number of rotatable bonds is 9. The normalized spacial score (nSPS) is 12.1. The number of sulfonamides is 1. The Bertz CT molecular complexity index is 1410. The summed E-state index contributed by atoms with van der Waals surface area (Å²) in [4.78, 5) is 28.8. The number of para-hydroxylation sites is 1. The summed E-state index contributed by atoms with van der Waals surface area (Å²) in [5.41, 5.74) is 0.260. The average molecular weight is 504 g/mol. The molecule has 8 nitrogen and oxygen atoms in total. The van der Waals surface area contributed by atoms with Crippen LogP contribution in [-0.4, -0.2) is 49.4 Å². The number of halogens is 1. The molecule has 0 radical (unpaired) electrons. The number of nitrogens with zero attached hydrogens (tertiary/aromatic N) is 3. The van der Waals surface area contributed by atoms with Gasteiger partial charge in [-0.2, -0.15) is 9.30 Å². The molecule has 0 atom stereocenters. The molecule has 0 unspecified atom stereocenters. The first kappa shape index (κ1) is 25.2. The van der Waals surface area contributed by atoms with Crippen molar-refractivity contribution in [1.29, 1.82) is 0 Å². The lowest BCUT2D eigenvalue weighted by Gasteiger charge is -2.19. The van der Waals surface area contributed by atoms with Crippen LogP contribution in [0.15, 0.2) is 77.7 Å². The maximum Gasteiger partial charge on any atom is 0.325 e. The quantitative estimate of drug-likeness (QED) is 0.330.